The van der Waals surface area contributed by atoms with Crippen molar-refractivity contribution in [3.8, 4) is 0 Å². The van der Waals surface area contributed by atoms with Crippen LogP contribution in [-0.2, 0) is 26.3 Å². The van der Waals surface area contributed by atoms with E-state index < -0.39 is 0 Å². The van der Waals surface area contributed by atoms with Crippen LogP contribution in [0.4, 0.5) is 0 Å². The van der Waals surface area contributed by atoms with E-state index in [4.69, 9.17) is 4.98 Å². The van der Waals surface area contributed by atoms with E-state index in [1.807, 2.05) is 49.5 Å². The van der Waals surface area contributed by atoms with Crippen LogP contribution in [-0.4, -0.2) is 25.7 Å². The minimum absolute atomic E-state index is 0.141. The number of aryl methyl sites for hydroxylation is 2. The van der Waals surface area contributed by atoms with Crippen LogP contribution in [0.15, 0.2) is 54.6 Å². The van der Waals surface area contributed by atoms with Crippen molar-refractivity contribution in [2.24, 2.45) is 7.05 Å². The Morgan fingerprint density at radius 3 is 2.76 bits per heavy atom. The highest BCUT2D eigenvalue weighted by molar-refractivity contribution is 5.94. The molecule has 146 valence electrons. The molecule has 0 unspecified atom stereocenters. The fraction of sp³-hybridized carbons (Fsp3) is 0.261. The van der Waals surface area contributed by atoms with Crippen LogP contribution >= 0.6 is 0 Å². The molecule has 1 amide bonds. The van der Waals surface area contributed by atoms with Crippen LogP contribution in [0.5, 0.6) is 0 Å². The van der Waals surface area contributed by atoms with Gasteiger partial charge in [-0.25, -0.2) is 4.98 Å². The summed E-state index contributed by atoms with van der Waals surface area (Å²) in [7, 11) is 2.00. The third kappa shape index (κ3) is 3.20. The maximum absolute atomic E-state index is 13.1. The normalized spacial score (nSPS) is 14.1. The highest BCUT2D eigenvalue weighted by Gasteiger charge is 2.27. The summed E-state index contributed by atoms with van der Waals surface area (Å²) in [5.41, 5.74) is 5.81. The van der Waals surface area contributed by atoms with Gasteiger partial charge in [-0.05, 0) is 43.4 Å². The number of hydrogen-bond acceptors (Lipinski definition) is 3. The van der Waals surface area contributed by atoms with Gasteiger partial charge in [-0.1, -0.05) is 42.5 Å². The lowest BCUT2D eigenvalue weighted by Crippen LogP contribution is -2.32. The van der Waals surface area contributed by atoms with Crippen molar-refractivity contribution in [3.63, 3.8) is 0 Å². The summed E-state index contributed by atoms with van der Waals surface area (Å²) in [5, 5.41) is 10.5. The molecule has 4 aromatic rings. The molecule has 2 aromatic heterocycles. The monoisotopic (exact) mass is 385 g/mol. The Labute approximate surface area is 169 Å². The molecule has 2 aromatic carbocycles. The number of aromatic amines is 1. The molecular weight excluding hydrogens is 362 g/mol. The van der Waals surface area contributed by atoms with Gasteiger partial charge in [0, 0.05) is 18.3 Å². The maximum atomic E-state index is 13.1. The molecule has 0 saturated carbocycles. The predicted octanol–water partition coefficient (Wildman–Crippen LogP) is 3.50. The lowest BCUT2D eigenvalue weighted by molar-refractivity contribution is 0.0928. The second kappa shape index (κ2) is 7.20. The third-order valence-corrected chi connectivity index (χ3v) is 5.74. The first-order valence-corrected chi connectivity index (χ1v) is 10.0. The molecule has 2 heterocycles. The highest BCUT2D eigenvalue weighted by atomic mass is 16.2. The molecule has 2 N–H and O–H groups in total. The molecule has 6 nitrogen and oxygen atoms in total. The number of H-pyrrole nitrogens is 1. The van der Waals surface area contributed by atoms with Gasteiger partial charge in [0.1, 0.15) is 5.82 Å². The predicted molar refractivity (Wildman–Crippen MR) is 112 cm³/mol. The number of rotatable bonds is 5. The number of carbonyl (C=O) groups excluding carboxylic acids is 1. The van der Waals surface area contributed by atoms with Crippen molar-refractivity contribution in [2.45, 2.75) is 31.7 Å². The molecule has 0 bridgehead atoms. The fourth-order valence-electron chi connectivity index (χ4n) is 4.27. The number of hydrogen-bond donors (Lipinski definition) is 2. The smallest absolute Gasteiger partial charge is 0.272 e. The SMILES string of the molecule is Cn1c([C@@H](Cc2ccccc2)NC(=O)c2n[nH]c3c2CCC3)nc2ccccc21. The zero-order valence-electron chi connectivity index (χ0n) is 16.4. The molecule has 5 rings (SSSR count). The van der Waals surface area contributed by atoms with Crippen LogP contribution < -0.4 is 5.32 Å². The van der Waals surface area contributed by atoms with Gasteiger partial charge in [-0.3, -0.25) is 9.89 Å². The van der Waals surface area contributed by atoms with Crippen molar-refractivity contribution >= 4 is 16.9 Å². The first-order chi connectivity index (χ1) is 14.2. The molecule has 1 aliphatic carbocycles. The summed E-state index contributed by atoms with van der Waals surface area (Å²) in [6, 6.07) is 18.0. The van der Waals surface area contributed by atoms with Crippen LogP contribution in [0, 0.1) is 0 Å². The number of benzene rings is 2. The summed E-state index contributed by atoms with van der Waals surface area (Å²) in [4.78, 5) is 18.0. The van der Waals surface area contributed by atoms with Gasteiger partial charge in [-0.15, -0.1) is 0 Å². The number of para-hydroxylation sites is 2. The van der Waals surface area contributed by atoms with Gasteiger partial charge in [0.2, 0.25) is 0 Å². The van der Waals surface area contributed by atoms with Crippen LogP contribution in [0.3, 0.4) is 0 Å². The number of nitrogens with zero attached hydrogens (tertiary/aromatic N) is 3. The molecule has 6 heteroatoms. The van der Waals surface area contributed by atoms with Crippen molar-refractivity contribution in [1.82, 2.24) is 25.1 Å². The number of imidazole rings is 1. The van der Waals surface area contributed by atoms with E-state index >= 15 is 0 Å². The van der Waals surface area contributed by atoms with Gasteiger partial charge >= 0.3 is 0 Å². The molecule has 1 atom stereocenters. The van der Waals surface area contributed by atoms with Crippen LogP contribution in [0.25, 0.3) is 11.0 Å². The van der Waals surface area contributed by atoms with E-state index in [0.717, 1.165) is 52.9 Å². The maximum Gasteiger partial charge on any atom is 0.272 e. The number of nitrogens with one attached hydrogen (secondary N) is 2. The lowest BCUT2D eigenvalue weighted by atomic mass is 10.0. The van der Waals surface area contributed by atoms with Crippen LogP contribution in [0.1, 0.15) is 45.6 Å². The Kier molecular flexibility index (Phi) is 4.39. The van der Waals surface area contributed by atoms with Gasteiger partial charge < -0.3 is 9.88 Å². The summed E-state index contributed by atoms with van der Waals surface area (Å²) in [6.07, 6.45) is 3.61. The fourth-order valence-corrected chi connectivity index (χ4v) is 4.27. The first kappa shape index (κ1) is 17.7. The van der Waals surface area contributed by atoms with Crippen LogP contribution in [0.2, 0.25) is 0 Å². The number of amides is 1. The molecule has 0 radical (unpaired) electrons. The average Bonchev–Trinajstić information content (AvgIpc) is 3.43. The molecule has 29 heavy (non-hydrogen) atoms. The zero-order chi connectivity index (χ0) is 19.8. The van der Waals surface area contributed by atoms with Crippen molar-refractivity contribution in [2.75, 3.05) is 0 Å². The second-order valence-electron chi connectivity index (χ2n) is 7.62. The minimum Gasteiger partial charge on any atom is -0.340 e. The van der Waals surface area contributed by atoms with E-state index in [0.29, 0.717) is 12.1 Å². The highest BCUT2D eigenvalue weighted by Crippen LogP contribution is 2.25. The van der Waals surface area contributed by atoms with E-state index in [9.17, 15) is 4.79 Å². The standard InChI is InChI=1S/C23H23N5O/c1-28-20-13-6-5-11-18(20)24-22(28)19(14-15-8-3-2-4-9-15)25-23(29)21-16-10-7-12-17(16)26-27-21/h2-6,8-9,11,13,19H,7,10,12,14H2,1H3,(H,25,29)(H,26,27)/t19-/m1/s1. The summed E-state index contributed by atoms with van der Waals surface area (Å²) < 4.78 is 2.07. The Hall–Kier alpha value is -3.41. The molecule has 0 spiro atoms. The summed E-state index contributed by atoms with van der Waals surface area (Å²) in [6.45, 7) is 0. The van der Waals surface area contributed by atoms with Crippen molar-refractivity contribution in [3.05, 3.63) is 82.9 Å². The molecule has 0 fully saturated rings. The van der Waals surface area contributed by atoms with Gasteiger partial charge in [0.25, 0.3) is 5.91 Å². The largest absolute Gasteiger partial charge is 0.340 e. The van der Waals surface area contributed by atoms with E-state index in [2.05, 4.69) is 32.2 Å². The lowest BCUT2D eigenvalue weighted by Gasteiger charge is -2.19. The van der Waals surface area contributed by atoms with E-state index in [1.54, 1.807) is 0 Å². The minimum atomic E-state index is -0.254. The van der Waals surface area contributed by atoms with E-state index in [-0.39, 0.29) is 11.9 Å². The molecule has 1 aliphatic rings. The Bertz CT molecular complexity index is 1170. The number of carbonyl (C=O) groups is 1. The summed E-state index contributed by atoms with van der Waals surface area (Å²) >= 11 is 0. The van der Waals surface area contributed by atoms with Crippen molar-refractivity contribution < 1.29 is 4.79 Å². The first-order valence-electron chi connectivity index (χ1n) is 10.0. The van der Waals surface area contributed by atoms with Gasteiger partial charge in [0.05, 0.1) is 17.1 Å². The quantitative estimate of drug-likeness (QED) is 0.552. The molecular formula is C23H23N5O. The van der Waals surface area contributed by atoms with Gasteiger partial charge in [-0.2, -0.15) is 5.10 Å². The van der Waals surface area contributed by atoms with Crippen molar-refractivity contribution in [1.29, 1.82) is 0 Å². The topological polar surface area (TPSA) is 75.6 Å². The van der Waals surface area contributed by atoms with Gasteiger partial charge in [0.15, 0.2) is 5.69 Å². The second-order valence-corrected chi connectivity index (χ2v) is 7.62. The Morgan fingerprint density at radius 2 is 1.93 bits per heavy atom. The average molecular weight is 385 g/mol. The molecule has 0 saturated heterocycles. The Balaban J connectivity index is 1.51. The Morgan fingerprint density at radius 1 is 1.14 bits per heavy atom. The zero-order valence-corrected chi connectivity index (χ0v) is 16.4. The van der Waals surface area contributed by atoms with E-state index in [1.165, 1.54) is 0 Å². The number of fused-ring (bicyclic) bond motifs is 2. The summed E-state index contributed by atoms with van der Waals surface area (Å²) in [5.74, 6) is 0.702. The molecule has 0 aliphatic heterocycles. The number of aromatic nitrogens is 4. The third-order valence-electron chi connectivity index (χ3n) is 5.74.